The topological polar surface area (TPSA) is 73.1 Å². The van der Waals surface area contributed by atoms with Gasteiger partial charge in [0.05, 0.1) is 6.10 Å². The average molecular weight is 268 g/mol. The summed E-state index contributed by atoms with van der Waals surface area (Å²) in [5.41, 5.74) is 6.54. The van der Waals surface area contributed by atoms with Crippen molar-refractivity contribution in [2.24, 2.45) is 0 Å². The van der Waals surface area contributed by atoms with Crippen LogP contribution in [0.4, 0.5) is 11.5 Å². The van der Waals surface area contributed by atoms with Gasteiger partial charge in [-0.05, 0) is 38.2 Å². The first-order valence-corrected chi connectivity index (χ1v) is 7.43. The van der Waals surface area contributed by atoms with Crippen LogP contribution in [-0.4, -0.2) is 33.6 Å². The van der Waals surface area contributed by atoms with Gasteiger partial charge in [0.2, 0.25) is 5.88 Å². The summed E-state index contributed by atoms with van der Waals surface area (Å²) in [6.45, 7) is 3.90. The Morgan fingerprint density at radius 1 is 1.39 bits per heavy atom. The van der Waals surface area contributed by atoms with E-state index in [4.69, 9.17) is 10.5 Å². The number of nitrogens with one attached hydrogen (secondary N) is 1. The second-order valence-corrected chi connectivity index (χ2v) is 5.86. The Kier molecular flexibility index (Phi) is 4.52. The molecule has 100 valence electrons. The highest BCUT2D eigenvalue weighted by Gasteiger charge is 2.17. The van der Waals surface area contributed by atoms with Gasteiger partial charge in [-0.15, -0.1) is 0 Å². The van der Waals surface area contributed by atoms with Crippen molar-refractivity contribution in [2.45, 2.75) is 38.8 Å². The lowest BCUT2D eigenvalue weighted by Crippen LogP contribution is -2.25. The molecular weight excluding hydrogens is 248 g/mol. The third kappa shape index (κ3) is 3.41. The smallest absolute Gasteiger partial charge is 0.242 e. The van der Waals surface area contributed by atoms with Crippen LogP contribution in [0.25, 0.3) is 0 Å². The van der Waals surface area contributed by atoms with E-state index in [0.717, 1.165) is 12.8 Å². The molecule has 0 atom stereocenters. The molecule has 0 aliphatic carbocycles. The zero-order valence-corrected chi connectivity index (χ0v) is 11.7. The minimum absolute atomic E-state index is 0.0566. The Balaban J connectivity index is 2.07. The summed E-state index contributed by atoms with van der Waals surface area (Å²) in [5.74, 6) is 3.54. The Labute approximate surface area is 112 Å². The lowest BCUT2D eigenvalue weighted by molar-refractivity contribution is 0.234. The molecule has 0 bridgehead atoms. The quantitative estimate of drug-likeness (QED) is 0.871. The first-order valence-electron chi connectivity index (χ1n) is 6.28. The number of ether oxygens (including phenoxy) is 1. The van der Waals surface area contributed by atoms with E-state index >= 15 is 0 Å². The van der Waals surface area contributed by atoms with E-state index in [1.54, 1.807) is 0 Å². The summed E-state index contributed by atoms with van der Waals surface area (Å²) in [7, 11) is 0. The second kappa shape index (κ2) is 6.13. The van der Waals surface area contributed by atoms with Crippen molar-refractivity contribution < 1.29 is 4.74 Å². The molecule has 0 saturated carbocycles. The zero-order chi connectivity index (χ0) is 13.0. The summed E-state index contributed by atoms with van der Waals surface area (Å²) >= 11 is 2.00. The van der Waals surface area contributed by atoms with Gasteiger partial charge in [-0.2, -0.15) is 16.7 Å². The van der Waals surface area contributed by atoms with Gasteiger partial charge in [0.15, 0.2) is 5.82 Å². The molecule has 1 aliphatic rings. The highest BCUT2D eigenvalue weighted by Crippen LogP contribution is 2.28. The van der Waals surface area contributed by atoms with Crippen LogP contribution in [0.3, 0.4) is 0 Å². The minimum Gasteiger partial charge on any atom is -0.473 e. The molecule has 6 heteroatoms. The summed E-state index contributed by atoms with van der Waals surface area (Å²) in [6.07, 6.45) is 3.85. The number of hydrogen-bond donors (Lipinski definition) is 2. The first-order chi connectivity index (χ1) is 8.66. The van der Waals surface area contributed by atoms with Crippen LogP contribution < -0.4 is 15.8 Å². The molecule has 1 fully saturated rings. The third-order valence-corrected chi connectivity index (χ3v) is 3.81. The molecule has 0 amide bonds. The lowest BCUT2D eigenvalue weighted by atomic mass is 10.1. The van der Waals surface area contributed by atoms with E-state index in [1.807, 2.05) is 25.6 Å². The van der Waals surface area contributed by atoms with Crippen molar-refractivity contribution >= 4 is 23.3 Å². The number of nitrogens with two attached hydrogens (primary N) is 1. The van der Waals surface area contributed by atoms with E-state index in [0.29, 0.717) is 23.4 Å². The fraction of sp³-hybridized carbons (Fsp3) is 0.667. The van der Waals surface area contributed by atoms with Gasteiger partial charge in [0.25, 0.3) is 0 Å². The minimum atomic E-state index is 0.0566. The summed E-state index contributed by atoms with van der Waals surface area (Å²) in [5, 5.41) is 3.39. The molecule has 0 unspecified atom stereocenters. The molecule has 0 spiro atoms. The fourth-order valence-corrected chi connectivity index (χ4v) is 2.95. The van der Waals surface area contributed by atoms with Gasteiger partial charge in [-0.1, -0.05) is 0 Å². The molecule has 0 aromatic carbocycles. The van der Waals surface area contributed by atoms with E-state index < -0.39 is 0 Å². The van der Waals surface area contributed by atoms with Crippen LogP contribution in [0.15, 0.2) is 6.33 Å². The number of anilines is 2. The maximum Gasteiger partial charge on any atom is 0.242 e. The summed E-state index contributed by atoms with van der Waals surface area (Å²) in [6, 6.07) is 0.454. The predicted octanol–water partition coefficient (Wildman–Crippen LogP) is 2.15. The Hall–Kier alpha value is -1.17. The van der Waals surface area contributed by atoms with E-state index in [-0.39, 0.29) is 6.10 Å². The first kappa shape index (κ1) is 13.3. The molecule has 0 radical (unpaired) electrons. The van der Waals surface area contributed by atoms with Gasteiger partial charge >= 0.3 is 0 Å². The highest BCUT2D eigenvalue weighted by atomic mass is 32.2. The van der Waals surface area contributed by atoms with Gasteiger partial charge in [-0.25, -0.2) is 4.98 Å². The molecule has 1 aromatic rings. The number of hydrogen-bond acceptors (Lipinski definition) is 6. The monoisotopic (exact) mass is 268 g/mol. The summed E-state index contributed by atoms with van der Waals surface area (Å²) in [4.78, 5) is 8.28. The van der Waals surface area contributed by atoms with Gasteiger partial charge in [0.1, 0.15) is 12.0 Å². The average Bonchev–Trinajstić information content (AvgIpc) is 2.35. The molecule has 5 nitrogen and oxygen atoms in total. The standard InChI is InChI=1S/C12H20N4OS/c1-8(2)17-12-10(13)11(14-7-15-12)16-9-3-5-18-6-4-9/h7-9H,3-6,13H2,1-2H3,(H,14,15,16). The van der Waals surface area contributed by atoms with Crippen molar-refractivity contribution in [3.63, 3.8) is 0 Å². The number of nitrogens with zero attached hydrogens (tertiary/aromatic N) is 2. The SMILES string of the molecule is CC(C)Oc1ncnc(NC2CCSCC2)c1N. The van der Waals surface area contributed by atoms with Crippen LogP contribution in [0.5, 0.6) is 5.88 Å². The number of thioether (sulfide) groups is 1. The molecule has 1 aliphatic heterocycles. The maximum atomic E-state index is 6.03. The zero-order valence-electron chi connectivity index (χ0n) is 10.8. The Bertz CT molecular complexity index is 394. The molecule has 1 aromatic heterocycles. The van der Waals surface area contributed by atoms with Gasteiger partial charge in [-0.3, -0.25) is 0 Å². The van der Waals surface area contributed by atoms with Gasteiger partial charge < -0.3 is 15.8 Å². The van der Waals surface area contributed by atoms with Crippen LogP contribution >= 0.6 is 11.8 Å². The van der Waals surface area contributed by atoms with Crippen molar-refractivity contribution in [1.82, 2.24) is 9.97 Å². The van der Waals surface area contributed by atoms with Crippen LogP contribution in [-0.2, 0) is 0 Å². The third-order valence-electron chi connectivity index (χ3n) is 2.76. The van der Waals surface area contributed by atoms with Gasteiger partial charge in [0, 0.05) is 6.04 Å². The molecular formula is C12H20N4OS. The van der Waals surface area contributed by atoms with Crippen LogP contribution in [0, 0.1) is 0 Å². The molecule has 18 heavy (non-hydrogen) atoms. The van der Waals surface area contributed by atoms with E-state index in [9.17, 15) is 0 Å². The van der Waals surface area contributed by atoms with Crippen molar-refractivity contribution in [3.05, 3.63) is 6.33 Å². The van der Waals surface area contributed by atoms with E-state index in [2.05, 4.69) is 15.3 Å². The molecule has 2 rings (SSSR count). The second-order valence-electron chi connectivity index (χ2n) is 4.64. The number of nitrogen functional groups attached to an aromatic ring is 1. The lowest BCUT2D eigenvalue weighted by Gasteiger charge is -2.24. The molecule has 1 saturated heterocycles. The maximum absolute atomic E-state index is 6.03. The summed E-state index contributed by atoms with van der Waals surface area (Å²) < 4.78 is 5.55. The van der Waals surface area contributed by atoms with Crippen molar-refractivity contribution in [3.8, 4) is 5.88 Å². The largest absolute Gasteiger partial charge is 0.473 e. The number of rotatable bonds is 4. The Morgan fingerprint density at radius 2 is 2.11 bits per heavy atom. The van der Waals surface area contributed by atoms with Crippen LogP contribution in [0.2, 0.25) is 0 Å². The number of aromatic nitrogens is 2. The van der Waals surface area contributed by atoms with Crippen LogP contribution in [0.1, 0.15) is 26.7 Å². The van der Waals surface area contributed by atoms with E-state index in [1.165, 1.54) is 17.8 Å². The molecule has 2 heterocycles. The molecule has 3 N–H and O–H groups in total. The highest BCUT2D eigenvalue weighted by molar-refractivity contribution is 7.99. The normalized spacial score (nSPS) is 16.8. The predicted molar refractivity (Wildman–Crippen MR) is 76.2 cm³/mol. The van der Waals surface area contributed by atoms with Crippen molar-refractivity contribution in [1.29, 1.82) is 0 Å². The van der Waals surface area contributed by atoms with Crippen molar-refractivity contribution in [2.75, 3.05) is 22.6 Å². The fourth-order valence-electron chi connectivity index (χ4n) is 1.85. The Morgan fingerprint density at radius 3 is 2.78 bits per heavy atom.